The molecule has 2 rings (SSSR count). The molecule has 13 heteroatoms. The molecule has 39 heavy (non-hydrogen) atoms. The second-order valence-corrected chi connectivity index (χ2v) is 10.3. The van der Waals surface area contributed by atoms with E-state index >= 15 is 0 Å². The number of nitrogens with two attached hydrogens (primary N) is 1. The second kappa shape index (κ2) is 15.7. The maximum Gasteiger partial charge on any atom is 0.407 e. The highest BCUT2D eigenvalue weighted by Gasteiger charge is 2.28. The van der Waals surface area contributed by atoms with Crippen molar-refractivity contribution in [1.82, 2.24) is 15.4 Å². The van der Waals surface area contributed by atoms with Gasteiger partial charge in [0.1, 0.15) is 18.4 Å². The second-order valence-electron chi connectivity index (χ2n) is 8.61. The van der Waals surface area contributed by atoms with E-state index in [2.05, 4.69) is 20.1 Å². The zero-order valence-corrected chi connectivity index (χ0v) is 23.1. The Hall–Kier alpha value is -3.68. The molecule has 0 aliphatic rings. The molecule has 0 aromatic heterocycles. The minimum atomic E-state index is -4.05. The third-order valence-corrected chi connectivity index (χ3v) is 7.24. The molecule has 0 saturated carbocycles. The maximum atomic E-state index is 12.9. The summed E-state index contributed by atoms with van der Waals surface area (Å²) in [4.78, 5) is 35.5. The summed E-state index contributed by atoms with van der Waals surface area (Å²) < 4.78 is 43.4. The summed E-state index contributed by atoms with van der Waals surface area (Å²) >= 11 is 0. The summed E-state index contributed by atoms with van der Waals surface area (Å²) in [5.74, 6) is -0.526. The Morgan fingerprint density at radius 2 is 1.64 bits per heavy atom. The first-order chi connectivity index (χ1) is 18.6. The molecule has 0 unspecified atom stereocenters. The average Bonchev–Trinajstić information content (AvgIpc) is 2.90. The van der Waals surface area contributed by atoms with Crippen molar-refractivity contribution in [2.24, 2.45) is 5.73 Å². The van der Waals surface area contributed by atoms with Crippen molar-refractivity contribution >= 4 is 28.0 Å². The normalized spacial score (nSPS) is 11.8. The van der Waals surface area contributed by atoms with Gasteiger partial charge in [0, 0.05) is 26.1 Å². The van der Waals surface area contributed by atoms with Crippen molar-refractivity contribution in [3.8, 4) is 5.75 Å². The smallest absolute Gasteiger partial charge is 0.407 e. The third-order valence-electron chi connectivity index (χ3n) is 5.47. The highest BCUT2D eigenvalue weighted by atomic mass is 32.2. The largest absolute Gasteiger partial charge is 0.494 e. The Labute approximate surface area is 228 Å². The number of ether oxygens (including phenoxy) is 3. The molecule has 0 radical (unpaired) electrons. The van der Waals surface area contributed by atoms with Gasteiger partial charge in [0.15, 0.2) is 0 Å². The molecule has 0 aliphatic carbocycles. The van der Waals surface area contributed by atoms with E-state index in [0.29, 0.717) is 23.3 Å². The monoisotopic (exact) mass is 564 g/mol. The van der Waals surface area contributed by atoms with E-state index in [0.717, 1.165) is 12.7 Å². The van der Waals surface area contributed by atoms with Crippen LogP contribution in [0.15, 0.2) is 47.4 Å². The van der Waals surface area contributed by atoms with Crippen molar-refractivity contribution in [2.75, 3.05) is 33.4 Å². The SMILES string of the molecule is COC(=O)[C@@H](CN)NS(=O)(=O)c1c(C)cc(OCCCC(=O)NCCNC(=O)OCc2ccccc2)cc1C. The molecule has 214 valence electrons. The zero-order chi connectivity index (χ0) is 28.8. The van der Waals surface area contributed by atoms with Gasteiger partial charge in [-0.25, -0.2) is 13.2 Å². The molecule has 0 spiro atoms. The number of hydrogen-bond acceptors (Lipinski definition) is 9. The minimum Gasteiger partial charge on any atom is -0.494 e. The summed E-state index contributed by atoms with van der Waals surface area (Å²) in [7, 11) is -2.90. The molecule has 5 N–H and O–H groups in total. The van der Waals surface area contributed by atoms with Crippen molar-refractivity contribution in [3.63, 3.8) is 0 Å². The number of esters is 1. The van der Waals surface area contributed by atoms with Crippen LogP contribution in [0, 0.1) is 13.8 Å². The van der Waals surface area contributed by atoms with E-state index < -0.39 is 28.1 Å². The summed E-state index contributed by atoms with van der Waals surface area (Å²) in [6.45, 7) is 3.85. The van der Waals surface area contributed by atoms with Crippen LogP contribution in [-0.4, -0.2) is 65.8 Å². The molecule has 2 aromatic carbocycles. The van der Waals surface area contributed by atoms with Crippen LogP contribution in [0.5, 0.6) is 5.75 Å². The fraction of sp³-hybridized carbons (Fsp3) is 0.423. The lowest BCUT2D eigenvalue weighted by Crippen LogP contribution is -2.46. The zero-order valence-electron chi connectivity index (χ0n) is 22.3. The fourth-order valence-corrected chi connectivity index (χ4v) is 5.30. The van der Waals surface area contributed by atoms with Gasteiger partial charge in [-0.15, -0.1) is 0 Å². The molecule has 12 nitrogen and oxygen atoms in total. The van der Waals surface area contributed by atoms with Gasteiger partial charge in [0.2, 0.25) is 15.9 Å². The number of amides is 2. The Balaban J connectivity index is 1.72. The number of hydrogen-bond donors (Lipinski definition) is 4. The topological polar surface area (TPSA) is 175 Å². The summed E-state index contributed by atoms with van der Waals surface area (Å²) in [6.07, 6.45) is 0.0697. The average molecular weight is 565 g/mol. The molecule has 0 aliphatic heterocycles. The van der Waals surface area contributed by atoms with Gasteiger partial charge in [0.25, 0.3) is 0 Å². The van der Waals surface area contributed by atoms with Gasteiger partial charge in [-0.2, -0.15) is 4.72 Å². The Bertz CT molecular complexity index is 1200. The first-order valence-electron chi connectivity index (χ1n) is 12.3. The van der Waals surface area contributed by atoms with E-state index in [4.69, 9.17) is 15.2 Å². The molecule has 0 fully saturated rings. The highest BCUT2D eigenvalue weighted by Crippen LogP contribution is 2.26. The van der Waals surface area contributed by atoms with Gasteiger partial charge >= 0.3 is 12.1 Å². The van der Waals surface area contributed by atoms with Crippen LogP contribution in [-0.2, 0) is 35.7 Å². The number of alkyl carbamates (subject to hydrolysis) is 1. The highest BCUT2D eigenvalue weighted by molar-refractivity contribution is 7.89. The summed E-state index contributed by atoms with van der Waals surface area (Å²) in [6, 6.07) is 11.2. The van der Waals surface area contributed by atoms with E-state index in [-0.39, 0.29) is 50.1 Å². The van der Waals surface area contributed by atoms with Crippen LogP contribution in [0.25, 0.3) is 0 Å². The molecular formula is C26H36N4O8S. The summed E-state index contributed by atoms with van der Waals surface area (Å²) in [5, 5.41) is 5.27. The quantitative estimate of drug-likeness (QED) is 0.183. The van der Waals surface area contributed by atoms with Gasteiger partial charge in [-0.1, -0.05) is 30.3 Å². The minimum absolute atomic E-state index is 0.0223. The number of carbonyl (C=O) groups excluding carboxylic acids is 3. The molecule has 2 aromatic rings. The van der Waals surface area contributed by atoms with E-state index in [9.17, 15) is 22.8 Å². The van der Waals surface area contributed by atoms with Crippen molar-refractivity contribution < 1.29 is 37.0 Å². The number of sulfonamides is 1. The van der Waals surface area contributed by atoms with E-state index in [1.54, 1.807) is 26.0 Å². The van der Waals surface area contributed by atoms with Crippen LogP contribution in [0.4, 0.5) is 4.79 Å². The predicted octanol–water partition coefficient (Wildman–Crippen LogP) is 1.28. The lowest BCUT2D eigenvalue weighted by molar-refractivity contribution is -0.142. The van der Waals surface area contributed by atoms with Crippen LogP contribution < -0.4 is 25.8 Å². The van der Waals surface area contributed by atoms with E-state index in [1.807, 2.05) is 30.3 Å². The molecular weight excluding hydrogens is 528 g/mol. The number of rotatable bonds is 15. The first kappa shape index (κ1) is 31.5. The van der Waals surface area contributed by atoms with Crippen LogP contribution in [0.1, 0.15) is 29.5 Å². The predicted molar refractivity (Wildman–Crippen MR) is 143 cm³/mol. The number of nitrogens with one attached hydrogen (secondary N) is 3. The van der Waals surface area contributed by atoms with Crippen molar-refractivity contribution in [3.05, 3.63) is 59.2 Å². The lowest BCUT2D eigenvalue weighted by Gasteiger charge is -2.18. The first-order valence-corrected chi connectivity index (χ1v) is 13.8. The Kier molecular flexibility index (Phi) is 12.7. The van der Waals surface area contributed by atoms with Gasteiger partial charge in [-0.3, -0.25) is 9.59 Å². The number of aryl methyl sites for hydroxylation is 2. The van der Waals surface area contributed by atoms with Crippen molar-refractivity contribution in [1.29, 1.82) is 0 Å². The maximum absolute atomic E-state index is 12.9. The lowest BCUT2D eigenvalue weighted by atomic mass is 10.1. The molecule has 1 atom stereocenters. The van der Waals surface area contributed by atoms with Crippen LogP contribution >= 0.6 is 0 Å². The third kappa shape index (κ3) is 10.5. The molecule has 0 heterocycles. The number of benzene rings is 2. The van der Waals surface area contributed by atoms with Crippen LogP contribution in [0.2, 0.25) is 0 Å². The van der Waals surface area contributed by atoms with Crippen molar-refractivity contribution in [2.45, 2.75) is 44.2 Å². The Morgan fingerprint density at radius 3 is 2.26 bits per heavy atom. The van der Waals surface area contributed by atoms with Gasteiger partial charge < -0.3 is 30.6 Å². The van der Waals surface area contributed by atoms with Crippen LogP contribution in [0.3, 0.4) is 0 Å². The molecule has 0 bridgehead atoms. The van der Waals surface area contributed by atoms with E-state index in [1.165, 1.54) is 0 Å². The Morgan fingerprint density at radius 1 is 1.00 bits per heavy atom. The van der Waals surface area contributed by atoms with Gasteiger partial charge in [-0.05, 0) is 49.1 Å². The van der Waals surface area contributed by atoms with Gasteiger partial charge in [0.05, 0.1) is 18.6 Å². The number of carbonyl (C=O) groups is 3. The standard InChI is InChI=1S/C26H36N4O8S/c1-18-14-21(15-19(2)24(18)39(34,35)30-22(16-27)25(32)36-3)37-13-7-10-23(31)28-11-12-29-26(33)38-17-20-8-5-4-6-9-20/h4-6,8-9,14-15,22,30H,7,10-13,16-17,27H2,1-3H3,(H,28,31)(H,29,33)/t22-/m1/s1. The summed E-state index contributed by atoms with van der Waals surface area (Å²) in [5.41, 5.74) is 7.22. The number of methoxy groups -OCH3 is 1. The fourth-order valence-electron chi connectivity index (χ4n) is 3.65. The molecule has 0 saturated heterocycles. The molecule has 2 amide bonds.